The van der Waals surface area contributed by atoms with Gasteiger partial charge in [0.15, 0.2) is 9.84 Å². The molecule has 190 valence electrons. The fraction of sp³-hybridized carbons (Fsp3) is 0.917. The highest BCUT2D eigenvalue weighted by atomic mass is 32.2. The van der Waals surface area contributed by atoms with E-state index in [-0.39, 0.29) is 42.0 Å². The zero-order valence-corrected chi connectivity index (χ0v) is 21.0. The van der Waals surface area contributed by atoms with E-state index in [2.05, 4.69) is 10.6 Å². The number of piperidine rings is 1. The third kappa shape index (κ3) is 6.90. The van der Waals surface area contributed by atoms with Crippen LogP contribution in [0.1, 0.15) is 84.5 Å². The van der Waals surface area contributed by atoms with E-state index in [9.17, 15) is 18.0 Å². The van der Waals surface area contributed by atoms with Crippen molar-refractivity contribution in [1.82, 2.24) is 15.5 Å². The van der Waals surface area contributed by atoms with Gasteiger partial charge in [-0.25, -0.2) is 12.8 Å². The maximum atomic E-state index is 15.0. The summed E-state index contributed by atoms with van der Waals surface area (Å²) < 4.78 is 39.0. The predicted molar refractivity (Wildman–Crippen MR) is 127 cm³/mol. The molecular formula is C24H42FN3O4S. The van der Waals surface area contributed by atoms with Crippen molar-refractivity contribution in [3.8, 4) is 0 Å². The molecule has 0 radical (unpaired) electrons. The molecule has 2 amide bonds. The Morgan fingerprint density at radius 3 is 2.33 bits per heavy atom. The minimum Gasteiger partial charge on any atom is -0.353 e. The molecule has 3 rings (SSSR count). The number of carbonyl (C=O) groups excluding carboxylic acids is 2. The average molecular weight is 488 g/mol. The number of nitrogens with one attached hydrogen (secondary N) is 2. The number of hydrogen-bond donors (Lipinski definition) is 2. The number of amides is 2. The van der Waals surface area contributed by atoms with Crippen LogP contribution in [0.2, 0.25) is 0 Å². The Hall–Kier alpha value is -1.22. The molecule has 0 aromatic heterocycles. The molecule has 2 N–H and O–H groups in total. The predicted octanol–water partition coefficient (Wildman–Crippen LogP) is 2.94. The molecule has 0 bridgehead atoms. The van der Waals surface area contributed by atoms with Crippen LogP contribution in [-0.2, 0) is 19.4 Å². The highest BCUT2D eigenvalue weighted by Crippen LogP contribution is 2.32. The molecule has 1 heterocycles. The molecule has 3 fully saturated rings. The quantitative estimate of drug-likeness (QED) is 0.549. The van der Waals surface area contributed by atoms with Gasteiger partial charge in [0.2, 0.25) is 11.8 Å². The fourth-order valence-electron chi connectivity index (χ4n) is 5.84. The van der Waals surface area contributed by atoms with Crippen LogP contribution >= 0.6 is 0 Å². The van der Waals surface area contributed by atoms with E-state index in [1.807, 2.05) is 11.8 Å². The molecule has 0 spiro atoms. The van der Waals surface area contributed by atoms with Gasteiger partial charge >= 0.3 is 0 Å². The smallest absolute Gasteiger partial charge is 0.228 e. The first kappa shape index (κ1) is 26.4. The van der Waals surface area contributed by atoms with Gasteiger partial charge < -0.3 is 15.5 Å². The van der Waals surface area contributed by atoms with Crippen molar-refractivity contribution >= 4 is 21.7 Å². The second-order valence-electron chi connectivity index (χ2n) is 10.1. The summed E-state index contributed by atoms with van der Waals surface area (Å²) in [6.45, 7) is 4.75. The molecule has 1 aliphatic heterocycles. The lowest BCUT2D eigenvalue weighted by Gasteiger charge is -2.39. The second-order valence-corrected chi connectivity index (χ2v) is 12.6. The van der Waals surface area contributed by atoms with Crippen molar-refractivity contribution in [3.63, 3.8) is 0 Å². The highest BCUT2D eigenvalue weighted by Gasteiger charge is 2.39. The zero-order chi connectivity index (χ0) is 24.0. The Bertz CT molecular complexity index is 764. The van der Waals surface area contributed by atoms with E-state index in [0.717, 1.165) is 25.7 Å². The van der Waals surface area contributed by atoms with Crippen LogP contribution in [0.15, 0.2) is 0 Å². The lowest BCUT2D eigenvalue weighted by atomic mass is 9.82. The van der Waals surface area contributed by atoms with Gasteiger partial charge in [-0.2, -0.15) is 0 Å². The van der Waals surface area contributed by atoms with Crippen LogP contribution in [0.4, 0.5) is 4.39 Å². The fourth-order valence-corrected chi connectivity index (χ4v) is 7.09. The standard InChI is InChI=1S/C24H42FN3O4S/c1-3-28(19-8-6-5-7-9-19)24(30)20-12-11-18(15-21(20)25)27-22(29)14-17-10-13-23(26-16-17)33(31,32)4-2/h17-21,23,26H,3-16H2,1-2H3,(H,27,29). The van der Waals surface area contributed by atoms with E-state index >= 15 is 4.39 Å². The van der Waals surface area contributed by atoms with Crippen molar-refractivity contribution in [2.24, 2.45) is 11.8 Å². The van der Waals surface area contributed by atoms with E-state index in [1.165, 1.54) is 6.42 Å². The summed E-state index contributed by atoms with van der Waals surface area (Å²) in [7, 11) is -3.11. The van der Waals surface area contributed by atoms with Crippen LogP contribution in [0.25, 0.3) is 0 Å². The van der Waals surface area contributed by atoms with Crippen LogP contribution in [0, 0.1) is 11.8 Å². The maximum absolute atomic E-state index is 15.0. The number of hydrogen-bond acceptors (Lipinski definition) is 5. The SMILES string of the molecule is CCN(C(=O)C1CCC(NC(=O)CC2CCC(S(=O)(=O)CC)NC2)CC1F)C1CCCCC1. The third-order valence-corrected chi connectivity index (χ3v) is 9.95. The maximum Gasteiger partial charge on any atom is 0.228 e. The van der Waals surface area contributed by atoms with Gasteiger partial charge in [-0.15, -0.1) is 0 Å². The molecule has 1 saturated heterocycles. The summed E-state index contributed by atoms with van der Waals surface area (Å²) in [4.78, 5) is 27.5. The number of carbonyl (C=O) groups is 2. The van der Waals surface area contributed by atoms with Crippen LogP contribution in [-0.4, -0.2) is 67.6 Å². The van der Waals surface area contributed by atoms with E-state index in [0.29, 0.717) is 45.2 Å². The Morgan fingerprint density at radius 1 is 1.03 bits per heavy atom. The largest absolute Gasteiger partial charge is 0.353 e. The molecule has 5 unspecified atom stereocenters. The number of halogens is 1. The number of alkyl halides is 1. The molecule has 5 atom stereocenters. The first-order valence-corrected chi connectivity index (χ1v) is 14.7. The van der Waals surface area contributed by atoms with Gasteiger partial charge in [0.05, 0.1) is 5.92 Å². The van der Waals surface area contributed by atoms with Gasteiger partial charge in [0.1, 0.15) is 11.5 Å². The summed E-state index contributed by atoms with van der Waals surface area (Å²) in [5.41, 5.74) is 0. The Labute approximate surface area is 198 Å². The summed E-state index contributed by atoms with van der Waals surface area (Å²) in [5.74, 6) is -0.562. The Kier molecular flexibility index (Phi) is 9.56. The van der Waals surface area contributed by atoms with Crippen LogP contribution in [0.3, 0.4) is 0 Å². The van der Waals surface area contributed by atoms with Crippen LogP contribution < -0.4 is 10.6 Å². The molecule has 9 heteroatoms. The summed E-state index contributed by atoms with van der Waals surface area (Å²) >= 11 is 0. The van der Waals surface area contributed by atoms with Gasteiger partial charge in [0.25, 0.3) is 0 Å². The minimum absolute atomic E-state index is 0.0495. The van der Waals surface area contributed by atoms with Gasteiger partial charge in [0, 0.05) is 30.8 Å². The monoisotopic (exact) mass is 487 g/mol. The van der Waals surface area contributed by atoms with Gasteiger partial charge in [-0.1, -0.05) is 26.2 Å². The average Bonchev–Trinajstić information content (AvgIpc) is 2.80. The second kappa shape index (κ2) is 12.0. The van der Waals surface area contributed by atoms with E-state index < -0.39 is 27.3 Å². The third-order valence-electron chi connectivity index (χ3n) is 7.88. The van der Waals surface area contributed by atoms with Gasteiger partial charge in [-0.05, 0) is 64.3 Å². The van der Waals surface area contributed by atoms with Crippen LogP contribution in [0.5, 0.6) is 0 Å². The molecule has 2 aliphatic carbocycles. The van der Waals surface area contributed by atoms with Crippen molar-refractivity contribution in [2.45, 2.75) is 108 Å². The number of sulfone groups is 1. The molecule has 0 aromatic carbocycles. The van der Waals surface area contributed by atoms with Crippen molar-refractivity contribution in [3.05, 3.63) is 0 Å². The summed E-state index contributed by atoms with van der Waals surface area (Å²) in [6.07, 6.45) is 7.08. The lowest BCUT2D eigenvalue weighted by Crippen LogP contribution is -2.50. The van der Waals surface area contributed by atoms with Gasteiger partial charge in [-0.3, -0.25) is 9.59 Å². The lowest BCUT2D eigenvalue weighted by molar-refractivity contribution is -0.142. The molecule has 2 saturated carbocycles. The minimum atomic E-state index is -3.11. The molecule has 3 aliphatic rings. The molecule has 0 aromatic rings. The zero-order valence-electron chi connectivity index (χ0n) is 20.2. The number of rotatable bonds is 8. The first-order chi connectivity index (χ1) is 15.7. The van der Waals surface area contributed by atoms with Crippen molar-refractivity contribution in [2.75, 3.05) is 18.8 Å². The molecule has 7 nitrogen and oxygen atoms in total. The Balaban J connectivity index is 1.43. The number of nitrogens with zero attached hydrogens (tertiary/aromatic N) is 1. The molecular weight excluding hydrogens is 445 g/mol. The first-order valence-electron chi connectivity index (χ1n) is 12.9. The van der Waals surface area contributed by atoms with E-state index in [4.69, 9.17) is 0 Å². The Morgan fingerprint density at radius 2 is 1.76 bits per heavy atom. The van der Waals surface area contributed by atoms with Crippen molar-refractivity contribution < 1.29 is 22.4 Å². The highest BCUT2D eigenvalue weighted by molar-refractivity contribution is 7.91. The topological polar surface area (TPSA) is 95.6 Å². The van der Waals surface area contributed by atoms with Crippen molar-refractivity contribution in [1.29, 1.82) is 0 Å². The van der Waals surface area contributed by atoms with E-state index in [1.54, 1.807) is 6.92 Å². The summed E-state index contributed by atoms with van der Waals surface area (Å²) in [6, 6.07) is 0.00275. The molecule has 33 heavy (non-hydrogen) atoms. The summed E-state index contributed by atoms with van der Waals surface area (Å²) in [5, 5.41) is 5.52. The normalized spacial score (nSPS) is 31.7.